The molecule has 1 unspecified atom stereocenters. The molecule has 6 heteroatoms. The average molecular weight is 374 g/mol. The number of halogens is 2. The number of carbonyl (C=O) groups is 1. The summed E-state index contributed by atoms with van der Waals surface area (Å²) in [5, 5.41) is 3.13. The van der Waals surface area contributed by atoms with Gasteiger partial charge in [0.2, 0.25) is 5.91 Å². The molecule has 1 aromatic carbocycles. The van der Waals surface area contributed by atoms with Crippen LogP contribution in [0, 0.1) is 12.8 Å². The van der Waals surface area contributed by atoms with Crippen molar-refractivity contribution < 1.29 is 4.79 Å². The highest BCUT2D eigenvalue weighted by atomic mass is 35.5. The maximum Gasteiger partial charge on any atom is 0.241 e. The Labute approximate surface area is 157 Å². The summed E-state index contributed by atoms with van der Waals surface area (Å²) < 4.78 is 0. The van der Waals surface area contributed by atoms with E-state index < -0.39 is 6.04 Å². The molecule has 1 atom stereocenters. The summed E-state index contributed by atoms with van der Waals surface area (Å²) in [5.41, 5.74) is 8.15. The Bertz CT molecular complexity index is 512. The fourth-order valence-electron chi connectivity index (χ4n) is 3.14. The van der Waals surface area contributed by atoms with Gasteiger partial charge < -0.3 is 16.0 Å². The first kappa shape index (κ1) is 21.2. The van der Waals surface area contributed by atoms with Gasteiger partial charge in [-0.15, -0.1) is 24.8 Å². The average Bonchev–Trinajstić information content (AvgIpc) is 3.33. The Hall–Kier alpha value is -0.810. The lowest BCUT2D eigenvalue weighted by Crippen LogP contribution is -2.47. The van der Waals surface area contributed by atoms with Gasteiger partial charge in [0.1, 0.15) is 6.04 Å². The number of aryl methyl sites for hydroxylation is 1. The Balaban J connectivity index is 0.00000144. The summed E-state index contributed by atoms with van der Waals surface area (Å²) in [5.74, 6) is 0.894. The second kappa shape index (κ2) is 9.62. The molecule has 0 aromatic heterocycles. The Morgan fingerprint density at radius 2 is 1.75 bits per heavy atom. The lowest BCUT2D eigenvalue weighted by molar-refractivity contribution is -0.123. The number of piperidine rings is 1. The van der Waals surface area contributed by atoms with E-state index in [1.54, 1.807) is 0 Å². The largest absolute Gasteiger partial charge is 0.352 e. The molecule has 1 saturated heterocycles. The third-order valence-corrected chi connectivity index (χ3v) is 4.87. The SMILES string of the molecule is Cc1ccc(C(N)C(=O)NC2CCN(CC3CC3)CC2)cc1.Cl.Cl. The fourth-order valence-corrected chi connectivity index (χ4v) is 3.14. The molecule has 0 spiro atoms. The van der Waals surface area contributed by atoms with E-state index in [4.69, 9.17) is 5.73 Å². The molecule has 136 valence electrons. The van der Waals surface area contributed by atoms with Crippen LogP contribution in [0.1, 0.15) is 42.9 Å². The lowest BCUT2D eigenvalue weighted by Gasteiger charge is -2.32. The molecular weight excluding hydrogens is 345 g/mol. The third kappa shape index (κ3) is 5.92. The van der Waals surface area contributed by atoms with Gasteiger partial charge in [-0.1, -0.05) is 29.8 Å². The molecule has 24 heavy (non-hydrogen) atoms. The van der Waals surface area contributed by atoms with Crippen molar-refractivity contribution in [1.29, 1.82) is 0 Å². The Morgan fingerprint density at radius 1 is 1.17 bits per heavy atom. The molecule has 0 bridgehead atoms. The maximum atomic E-state index is 12.3. The van der Waals surface area contributed by atoms with E-state index in [2.05, 4.69) is 10.2 Å². The minimum Gasteiger partial charge on any atom is -0.352 e. The van der Waals surface area contributed by atoms with E-state index in [9.17, 15) is 4.79 Å². The van der Waals surface area contributed by atoms with Crippen LogP contribution in [0.5, 0.6) is 0 Å². The van der Waals surface area contributed by atoms with Crippen LogP contribution >= 0.6 is 24.8 Å². The fraction of sp³-hybridized carbons (Fsp3) is 0.611. The summed E-state index contributed by atoms with van der Waals surface area (Å²) >= 11 is 0. The minimum absolute atomic E-state index is 0. The van der Waals surface area contributed by atoms with Gasteiger partial charge in [0.25, 0.3) is 0 Å². The summed E-state index contributed by atoms with van der Waals surface area (Å²) in [7, 11) is 0. The first-order valence-corrected chi connectivity index (χ1v) is 8.46. The van der Waals surface area contributed by atoms with Crippen LogP contribution in [0.3, 0.4) is 0 Å². The molecule has 1 saturated carbocycles. The highest BCUT2D eigenvalue weighted by Crippen LogP contribution is 2.30. The van der Waals surface area contributed by atoms with Gasteiger partial charge in [0, 0.05) is 25.7 Å². The zero-order valence-corrected chi connectivity index (χ0v) is 15.9. The van der Waals surface area contributed by atoms with Crippen LogP contribution < -0.4 is 11.1 Å². The maximum absolute atomic E-state index is 12.3. The number of likely N-dealkylation sites (tertiary alicyclic amines) is 1. The summed E-state index contributed by atoms with van der Waals surface area (Å²) in [4.78, 5) is 14.9. The molecule has 1 aliphatic carbocycles. The highest BCUT2D eigenvalue weighted by Gasteiger charge is 2.28. The topological polar surface area (TPSA) is 58.4 Å². The van der Waals surface area contributed by atoms with E-state index in [0.29, 0.717) is 0 Å². The molecule has 1 aliphatic heterocycles. The number of amides is 1. The predicted octanol–water partition coefficient (Wildman–Crippen LogP) is 2.83. The van der Waals surface area contributed by atoms with Crippen molar-refractivity contribution in [1.82, 2.24) is 10.2 Å². The molecule has 1 aromatic rings. The number of rotatable bonds is 5. The van der Waals surface area contributed by atoms with Crippen molar-refractivity contribution >= 4 is 30.7 Å². The van der Waals surface area contributed by atoms with Crippen LogP contribution in [0.15, 0.2) is 24.3 Å². The number of nitrogens with one attached hydrogen (secondary N) is 1. The molecule has 4 nitrogen and oxygen atoms in total. The normalized spacial score (nSPS) is 19.8. The monoisotopic (exact) mass is 373 g/mol. The third-order valence-electron chi connectivity index (χ3n) is 4.87. The van der Waals surface area contributed by atoms with Gasteiger partial charge in [0.05, 0.1) is 0 Å². The Morgan fingerprint density at radius 3 is 2.29 bits per heavy atom. The second-order valence-electron chi connectivity index (χ2n) is 6.92. The summed E-state index contributed by atoms with van der Waals surface area (Å²) in [6, 6.07) is 7.59. The van der Waals surface area contributed by atoms with E-state index in [1.807, 2.05) is 31.2 Å². The zero-order chi connectivity index (χ0) is 15.5. The van der Waals surface area contributed by atoms with E-state index >= 15 is 0 Å². The first-order chi connectivity index (χ1) is 10.6. The smallest absolute Gasteiger partial charge is 0.241 e. The molecule has 2 aliphatic rings. The van der Waals surface area contributed by atoms with Crippen molar-refractivity contribution in [3.8, 4) is 0 Å². The predicted molar refractivity (Wildman–Crippen MR) is 103 cm³/mol. The standard InChI is InChI=1S/C18H27N3O.2ClH/c1-13-2-6-15(7-3-13)17(19)18(22)20-16-8-10-21(11-9-16)12-14-4-5-14;;/h2-3,6-7,14,16-17H,4-5,8-12,19H2,1H3,(H,20,22);2*1H. The number of carbonyl (C=O) groups excluding carboxylic acids is 1. The molecule has 2 fully saturated rings. The van der Waals surface area contributed by atoms with Crippen molar-refractivity contribution in [3.05, 3.63) is 35.4 Å². The minimum atomic E-state index is -0.565. The van der Waals surface area contributed by atoms with Gasteiger partial charge in [0.15, 0.2) is 0 Å². The number of nitrogens with zero attached hydrogens (tertiary/aromatic N) is 1. The Kier molecular flexibility index (Phi) is 8.51. The van der Waals surface area contributed by atoms with Crippen LogP contribution in [0.2, 0.25) is 0 Å². The lowest BCUT2D eigenvalue weighted by atomic mass is 10.0. The zero-order valence-electron chi connectivity index (χ0n) is 14.2. The molecule has 0 radical (unpaired) electrons. The van der Waals surface area contributed by atoms with Crippen LogP contribution in [-0.2, 0) is 4.79 Å². The summed E-state index contributed by atoms with van der Waals surface area (Å²) in [6.45, 7) is 5.48. The van der Waals surface area contributed by atoms with Gasteiger partial charge in [-0.3, -0.25) is 4.79 Å². The van der Waals surface area contributed by atoms with Crippen LogP contribution in [-0.4, -0.2) is 36.5 Å². The van der Waals surface area contributed by atoms with Crippen molar-refractivity contribution in [2.24, 2.45) is 11.7 Å². The van der Waals surface area contributed by atoms with Crippen LogP contribution in [0.25, 0.3) is 0 Å². The number of nitrogens with two attached hydrogens (primary N) is 1. The molecule has 3 rings (SSSR count). The molecule has 1 heterocycles. The quantitative estimate of drug-likeness (QED) is 0.833. The van der Waals surface area contributed by atoms with Gasteiger partial charge in [-0.05, 0) is 44.1 Å². The molecule has 3 N–H and O–H groups in total. The van der Waals surface area contributed by atoms with E-state index in [-0.39, 0.29) is 36.8 Å². The van der Waals surface area contributed by atoms with Gasteiger partial charge in [-0.25, -0.2) is 0 Å². The number of hydrogen-bond donors (Lipinski definition) is 2. The number of hydrogen-bond acceptors (Lipinski definition) is 3. The second-order valence-corrected chi connectivity index (χ2v) is 6.92. The van der Waals surface area contributed by atoms with E-state index in [0.717, 1.165) is 37.4 Å². The van der Waals surface area contributed by atoms with Crippen molar-refractivity contribution in [2.75, 3.05) is 19.6 Å². The molecular formula is C18H29Cl2N3O. The number of benzene rings is 1. The summed E-state index contributed by atoms with van der Waals surface area (Å²) in [6.07, 6.45) is 4.89. The van der Waals surface area contributed by atoms with Gasteiger partial charge >= 0.3 is 0 Å². The highest BCUT2D eigenvalue weighted by molar-refractivity contribution is 5.85. The first-order valence-electron chi connectivity index (χ1n) is 8.46. The molecule has 1 amide bonds. The van der Waals surface area contributed by atoms with Crippen molar-refractivity contribution in [2.45, 2.75) is 44.7 Å². The van der Waals surface area contributed by atoms with Gasteiger partial charge in [-0.2, -0.15) is 0 Å². The van der Waals surface area contributed by atoms with Crippen molar-refractivity contribution in [3.63, 3.8) is 0 Å². The van der Waals surface area contributed by atoms with E-state index in [1.165, 1.54) is 24.9 Å². The van der Waals surface area contributed by atoms with Crippen LogP contribution in [0.4, 0.5) is 0 Å².